The summed E-state index contributed by atoms with van der Waals surface area (Å²) in [5, 5.41) is 13.3. The SMILES string of the molecule is COc1ccc(NC(C)c2cc(C)cc3c(=O)cc(N4Cc5ccccc5C4)oc23)c(C(=O)O)n1. The first kappa shape index (κ1) is 22.5. The topological polar surface area (TPSA) is 105 Å². The summed E-state index contributed by atoms with van der Waals surface area (Å²) < 4.78 is 11.4. The molecule has 35 heavy (non-hydrogen) atoms. The number of hydrogen-bond acceptors (Lipinski definition) is 7. The van der Waals surface area contributed by atoms with Crippen molar-refractivity contribution in [3.05, 3.63) is 92.8 Å². The number of aryl methyl sites for hydroxylation is 1. The van der Waals surface area contributed by atoms with Gasteiger partial charge < -0.3 is 24.5 Å². The molecule has 2 aromatic heterocycles. The van der Waals surface area contributed by atoms with E-state index in [9.17, 15) is 14.7 Å². The number of fused-ring (bicyclic) bond motifs is 2. The van der Waals surface area contributed by atoms with Crippen LogP contribution in [0.2, 0.25) is 0 Å². The second-order valence-electron chi connectivity index (χ2n) is 8.73. The number of methoxy groups -OCH3 is 1. The lowest BCUT2D eigenvalue weighted by Crippen LogP contribution is -2.18. The van der Waals surface area contributed by atoms with Crippen LogP contribution in [-0.2, 0) is 13.1 Å². The molecule has 5 rings (SSSR count). The number of carboxylic acids is 1. The number of hydrogen-bond donors (Lipinski definition) is 2. The van der Waals surface area contributed by atoms with Gasteiger partial charge in [0.05, 0.1) is 24.2 Å². The molecule has 8 nitrogen and oxygen atoms in total. The molecular formula is C27H25N3O5. The molecular weight excluding hydrogens is 446 g/mol. The second-order valence-corrected chi connectivity index (χ2v) is 8.73. The summed E-state index contributed by atoms with van der Waals surface area (Å²) in [6.45, 7) is 5.14. The van der Waals surface area contributed by atoms with Crippen LogP contribution in [0.3, 0.4) is 0 Å². The lowest BCUT2D eigenvalue weighted by molar-refractivity contribution is 0.0690. The Hall–Kier alpha value is -4.33. The Morgan fingerprint density at radius 2 is 1.86 bits per heavy atom. The van der Waals surface area contributed by atoms with Crippen molar-refractivity contribution in [2.45, 2.75) is 33.0 Å². The van der Waals surface area contributed by atoms with Crippen molar-refractivity contribution in [1.29, 1.82) is 0 Å². The van der Waals surface area contributed by atoms with Crippen LogP contribution in [0.4, 0.5) is 11.6 Å². The fourth-order valence-corrected chi connectivity index (χ4v) is 4.53. The average Bonchev–Trinajstić information content (AvgIpc) is 3.28. The Balaban J connectivity index is 1.55. The maximum absolute atomic E-state index is 13.1. The molecule has 1 unspecified atom stereocenters. The predicted octanol–water partition coefficient (Wildman–Crippen LogP) is 4.90. The van der Waals surface area contributed by atoms with E-state index in [2.05, 4.69) is 22.4 Å². The van der Waals surface area contributed by atoms with Gasteiger partial charge >= 0.3 is 5.97 Å². The highest BCUT2D eigenvalue weighted by atomic mass is 16.5. The van der Waals surface area contributed by atoms with Crippen LogP contribution in [-0.4, -0.2) is 23.2 Å². The van der Waals surface area contributed by atoms with Gasteiger partial charge in [-0.3, -0.25) is 4.79 Å². The van der Waals surface area contributed by atoms with Gasteiger partial charge in [0, 0.05) is 30.8 Å². The first-order chi connectivity index (χ1) is 16.8. The van der Waals surface area contributed by atoms with Gasteiger partial charge in [-0.05, 0) is 42.7 Å². The highest BCUT2D eigenvalue weighted by Gasteiger charge is 2.24. The summed E-state index contributed by atoms with van der Waals surface area (Å²) in [5.74, 6) is -0.452. The Morgan fingerprint density at radius 1 is 1.14 bits per heavy atom. The molecule has 0 fully saturated rings. The number of pyridine rings is 1. The number of carboxylic acid groups (broad SMARTS) is 1. The van der Waals surface area contributed by atoms with Crippen molar-refractivity contribution in [2.75, 3.05) is 17.3 Å². The number of nitrogens with zero attached hydrogens (tertiary/aromatic N) is 2. The highest BCUT2D eigenvalue weighted by molar-refractivity contribution is 5.92. The fourth-order valence-electron chi connectivity index (χ4n) is 4.53. The number of rotatable bonds is 6. The van der Waals surface area contributed by atoms with E-state index < -0.39 is 5.97 Å². The van der Waals surface area contributed by atoms with Crippen LogP contribution in [0.1, 0.15) is 45.7 Å². The molecule has 3 heterocycles. The second kappa shape index (κ2) is 8.79. The van der Waals surface area contributed by atoms with Crippen molar-refractivity contribution < 1.29 is 19.1 Å². The van der Waals surface area contributed by atoms with Crippen molar-refractivity contribution in [1.82, 2.24) is 4.98 Å². The zero-order valence-electron chi connectivity index (χ0n) is 19.7. The van der Waals surface area contributed by atoms with E-state index in [1.54, 1.807) is 18.2 Å². The molecule has 1 aliphatic heterocycles. The summed E-state index contributed by atoms with van der Waals surface area (Å²) in [6, 6.07) is 16.3. The predicted molar refractivity (Wildman–Crippen MR) is 133 cm³/mol. The molecule has 1 atom stereocenters. The zero-order chi connectivity index (χ0) is 24.7. The summed E-state index contributed by atoms with van der Waals surface area (Å²) in [4.78, 5) is 31.0. The normalized spacial score (nSPS) is 13.5. The van der Waals surface area contributed by atoms with E-state index >= 15 is 0 Å². The molecule has 1 aliphatic rings. The number of aromatic carboxylic acids is 1. The minimum Gasteiger partial charge on any atom is -0.481 e. The minimum atomic E-state index is -1.17. The van der Waals surface area contributed by atoms with Crippen LogP contribution >= 0.6 is 0 Å². The lowest BCUT2D eigenvalue weighted by Gasteiger charge is -2.21. The number of nitrogens with one attached hydrogen (secondary N) is 1. The molecule has 8 heteroatoms. The minimum absolute atomic E-state index is 0.119. The van der Waals surface area contributed by atoms with E-state index in [-0.39, 0.29) is 23.0 Å². The third-order valence-corrected chi connectivity index (χ3v) is 6.26. The van der Waals surface area contributed by atoms with Gasteiger partial charge in [0.25, 0.3) is 0 Å². The molecule has 0 saturated heterocycles. The van der Waals surface area contributed by atoms with Crippen molar-refractivity contribution >= 4 is 28.5 Å². The molecule has 178 valence electrons. The first-order valence-electron chi connectivity index (χ1n) is 11.3. The van der Waals surface area contributed by atoms with Crippen LogP contribution in [0.5, 0.6) is 5.88 Å². The maximum atomic E-state index is 13.1. The Labute approximate surface area is 201 Å². The third kappa shape index (κ3) is 4.19. The van der Waals surface area contributed by atoms with Gasteiger partial charge in [0.15, 0.2) is 11.1 Å². The van der Waals surface area contributed by atoms with Crippen LogP contribution in [0.15, 0.2) is 63.8 Å². The molecule has 0 bridgehead atoms. The van der Waals surface area contributed by atoms with Gasteiger partial charge in [-0.2, -0.15) is 0 Å². The zero-order valence-corrected chi connectivity index (χ0v) is 19.7. The molecule has 0 radical (unpaired) electrons. The molecule has 2 aromatic carbocycles. The quantitative estimate of drug-likeness (QED) is 0.409. The Morgan fingerprint density at radius 3 is 2.51 bits per heavy atom. The number of anilines is 2. The lowest BCUT2D eigenvalue weighted by atomic mass is 10.0. The van der Waals surface area contributed by atoms with Crippen molar-refractivity contribution in [3.8, 4) is 5.88 Å². The monoisotopic (exact) mass is 471 g/mol. The number of carbonyl (C=O) groups is 1. The van der Waals surface area contributed by atoms with Crippen LogP contribution < -0.4 is 20.4 Å². The fraction of sp³-hybridized carbons (Fsp3) is 0.222. The Bertz CT molecular complexity index is 1490. The van der Waals surface area contributed by atoms with Crippen molar-refractivity contribution in [2.24, 2.45) is 0 Å². The highest BCUT2D eigenvalue weighted by Crippen LogP contribution is 2.33. The van der Waals surface area contributed by atoms with Gasteiger partial charge in [0.2, 0.25) is 11.8 Å². The molecule has 0 saturated carbocycles. The maximum Gasteiger partial charge on any atom is 0.356 e. The summed E-state index contributed by atoms with van der Waals surface area (Å²) in [6.07, 6.45) is 0. The summed E-state index contributed by atoms with van der Waals surface area (Å²) in [7, 11) is 1.43. The molecule has 2 N–H and O–H groups in total. The van der Waals surface area contributed by atoms with E-state index in [1.807, 2.05) is 43.0 Å². The number of benzene rings is 2. The Kier molecular flexibility index (Phi) is 5.64. The number of ether oxygens (including phenoxy) is 1. The van der Waals surface area contributed by atoms with Crippen molar-refractivity contribution in [3.63, 3.8) is 0 Å². The largest absolute Gasteiger partial charge is 0.481 e. The first-order valence-corrected chi connectivity index (χ1v) is 11.3. The van der Waals surface area contributed by atoms with Gasteiger partial charge in [-0.1, -0.05) is 30.3 Å². The third-order valence-electron chi connectivity index (χ3n) is 6.26. The van der Waals surface area contributed by atoms with Gasteiger partial charge in [0.1, 0.15) is 5.58 Å². The molecule has 0 amide bonds. The van der Waals surface area contributed by atoms with Crippen LogP contribution in [0, 0.1) is 6.92 Å². The van der Waals surface area contributed by atoms with Gasteiger partial charge in [-0.25, -0.2) is 9.78 Å². The number of aromatic nitrogens is 1. The van der Waals surface area contributed by atoms with Gasteiger partial charge in [-0.15, -0.1) is 0 Å². The van der Waals surface area contributed by atoms with Crippen LogP contribution in [0.25, 0.3) is 11.0 Å². The van der Waals surface area contributed by atoms with E-state index in [0.717, 1.165) is 11.1 Å². The summed E-state index contributed by atoms with van der Waals surface area (Å²) >= 11 is 0. The summed E-state index contributed by atoms with van der Waals surface area (Å²) in [5.41, 5.74) is 4.63. The average molecular weight is 472 g/mol. The molecule has 4 aromatic rings. The van der Waals surface area contributed by atoms with E-state index in [0.29, 0.717) is 35.6 Å². The standard InChI is InChI=1S/C27H25N3O5/c1-15-10-19(16(2)28-21-8-9-23(34-3)29-25(21)27(32)33)26-20(11-15)22(31)12-24(35-26)30-13-17-6-4-5-7-18(17)14-30/h4-12,16,28H,13-14H2,1-3H3,(H,32,33). The smallest absolute Gasteiger partial charge is 0.356 e. The van der Waals surface area contributed by atoms with E-state index in [4.69, 9.17) is 9.15 Å². The van der Waals surface area contributed by atoms with E-state index in [1.165, 1.54) is 18.2 Å². The molecule has 0 spiro atoms. The molecule has 0 aliphatic carbocycles.